The number of rotatable bonds is 7. The molecule has 1 aliphatic rings. The van der Waals surface area contributed by atoms with Gasteiger partial charge in [-0.05, 0) is 58.7 Å². The van der Waals surface area contributed by atoms with Crippen LogP contribution in [0.25, 0.3) is 11.0 Å². The van der Waals surface area contributed by atoms with Crippen molar-refractivity contribution in [1.82, 2.24) is 14.8 Å². The minimum Gasteiger partial charge on any atom is -0.462 e. The highest BCUT2D eigenvalue weighted by Gasteiger charge is 2.30. The summed E-state index contributed by atoms with van der Waals surface area (Å²) in [6.07, 6.45) is 3.90. The van der Waals surface area contributed by atoms with E-state index in [1.54, 1.807) is 36.2 Å². The molecule has 3 aromatic rings. The van der Waals surface area contributed by atoms with Crippen LogP contribution in [0.3, 0.4) is 0 Å². The number of fused-ring (bicyclic) bond motifs is 1. The Morgan fingerprint density at radius 1 is 1.19 bits per heavy atom. The predicted octanol–water partition coefficient (Wildman–Crippen LogP) is 4.73. The summed E-state index contributed by atoms with van der Waals surface area (Å²) in [4.78, 5) is 32.8. The minimum absolute atomic E-state index is 0.134. The highest BCUT2D eigenvalue weighted by Crippen LogP contribution is 2.40. The van der Waals surface area contributed by atoms with E-state index in [1.807, 2.05) is 37.6 Å². The van der Waals surface area contributed by atoms with Crippen LogP contribution in [0.4, 0.5) is 5.69 Å². The standard InChI is InChI=1S/C24H28N4O3/c1-5-27(21-10-8-7-9-17(21)24(30)31-6-2)23(29)18-13-20(16-11-12-16)26-22-19(18)14-25-28(22)15(3)4/h7-10,13-16H,5-6,11-12H2,1-4H3. The monoisotopic (exact) mass is 420 g/mol. The van der Waals surface area contributed by atoms with E-state index in [1.165, 1.54) is 0 Å². The largest absolute Gasteiger partial charge is 0.462 e. The van der Waals surface area contributed by atoms with Crippen molar-refractivity contribution in [2.45, 2.75) is 52.5 Å². The van der Waals surface area contributed by atoms with Crippen LogP contribution < -0.4 is 4.90 Å². The molecular weight excluding hydrogens is 392 g/mol. The molecule has 0 bridgehead atoms. The highest BCUT2D eigenvalue weighted by molar-refractivity contribution is 6.15. The molecule has 2 aromatic heterocycles. The van der Waals surface area contributed by atoms with Crippen molar-refractivity contribution in [1.29, 1.82) is 0 Å². The molecule has 1 aromatic carbocycles. The van der Waals surface area contributed by atoms with Crippen LogP contribution in [-0.2, 0) is 4.74 Å². The first-order valence-corrected chi connectivity index (χ1v) is 10.9. The molecule has 0 N–H and O–H groups in total. The molecule has 1 aliphatic carbocycles. The van der Waals surface area contributed by atoms with Gasteiger partial charge in [0.15, 0.2) is 5.65 Å². The second kappa shape index (κ2) is 8.49. The van der Waals surface area contributed by atoms with Crippen molar-refractivity contribution >= 4 is 28.6 Å². The number of carbonyl (C=O) groups is 2. The number of hydrogen-bond donors (Lipinski definition) is 0. The van der Waals surface area contributed by atoms with Crippen LogP contribution in [0.2, 0.25) is 0 Å². The zero-order valence-electron chi connectivity index (χ0n) is 18.5. The van der Waals surface area contributed by atoms with Gasteiger partial charge in [-0.25, -0.2) is 14.5 Å². The van der Waals surface area contributed by atoms with E-state index >= 15 is 0 Å². The Kier molecular flexibility index (Phi) is 5.76. The van der Waals surface area contributed by atoms with Crippen LogP contribution in [0.15, 0.2) is 36.5 Å². The number of amides is 1. The van der Waals surface area contributed by atoms with Crippen molar-refractivity contribution < 1.29 is 14.3 Å². The van der Waals surface area contributed by atoms with Gasteiger partial charge in [-0.2, -0.15) is 5.10 Å². The molecule has 1 amide bonds. The van der Waals surface area contributed by atoms with Crippen molar-refractivity contribution in [3.05, 3.63) is 53.3 Å². The second-order valence-electron chi connectivity index (χ2n) is 8.08. The molecule has 4 rings (SSSR count). The normalized spacial score (nSPS) is 13.6. The van der Waals surface area contributed by atoms with E-state index < -0.39 is 5.97 Å². The lowest BCUT2D eigenvalue weighted by Gasteiger charge is -2.24. The summed E-state index contributed by atoms with van der Waals surface area (Å²) in [7, 11) is 0. The van der Waals surface area contributed by atoms with E-state index in [2.05, 4.69) is 5.10 Å². The maximum Gasteiger partial charge on any atom is 0.340 e. The lowest BCUT2D eigenvalue weighted by Crippen LogP contribution is -2.32. The summed E-state index contributed by atoms with van der Waals surface area (Å²) in [5, 5.41) is 5.23. The Hall–Kier alpha value is -3.22. The number of esters is 1. The fourth-order valence-corrected chi connectivity index (χ4v) is 3.84. The molecule has 7 heteroatoms. The maximum atomic E-state index is 13.8. The molecule has 7 nitrogen and oxygen atoms in total. The molecule has 1 fully saturated rings. The molecule has 0 unspecified atom stereocenters. The Morgan fingerprint density at radius 2 is 1.94 bits per heavy atom. The van der Waals surface area contributed by atoms with Crippen LogP contribution in [0.5, 0.6) is 0 Å². The fraction of sp³-hybridized carbons (Fsp3) is 0.417. The third kappa shape index (κ3) is 3.92. The van der Waals surface area contributed by atoms with Crippen LogP contribution in [-0.4, -0.2) is 39.8 Å². The molecule has 31 heavy (non-hydrogen) atoms. The van der Waals surface area contributed by atoms with Gasteiger partial charge in [0.25, 0.3) is 5.91 Å². The number of anilines is 1. The topological polar surface area (TPSA) is 77.3 Å². The number of aromatic nitrogens is 3. The first-order chi connectivity index (χ1) is 15.0. The van der Waals surface area contributed by atoms with E-state index in [0.717, 1.165) is 29.6 Å². The molecule has 0 spiro atoms. The summed E-state index contributed by atoms with van der Waals surface area (Å²) in [5.74, 6) is -0.208. The average molecular weight is 421 g/mol. The Labute approximate surface area is 182 Å². The summed E-state index contributed by atoms with van der Waals surface area (Å²) in [6.45, 7) is 8.45. The SMILES string of the molecule is CCOC(=O)c1ccccc1N(CC)C(=O)c1cc(C2CC2)nc2c1cnn2C(C)C. The van der Waals surface area contributed by atoms with Gasteiger partial charge in [-0.1, -0.05) is 12.1 Å². The molecule has 0 aliphatic heterocycles. The average Bonchev–Trinajstić information content (AvgIpc) is 3.52. The minimum atomic E-state index is -0.435. The van der Waals surface area contributed by atoms with E-state index in [4.69, 9.17) is 9.72 Å². The third-order valence-electron chi connectivity index (χ3n) is 5.55. The van der Waals surface area contributed by atoms with Gasteiger partial charge in [-0.15, -0.1) is 0 Å². The quantitative estimate of drug-likeness (QED) is 0.516. The lowest BCUT2D eigenvalue weighted by atomic mass is 10.1. The maximum absolute atomic E-state index is 13.8. The van der Waals surface area contributed by atoms with E-state index in [9.17, 15) is 9.59 Å². The molecule has 2 heterocycles. The second-order valence-corrected chi connectivity index (χ2v) is 8.08. The number of carbonyl (C=O) groups excluding carboxylic acids is 2. The molecule has 162 valence electrons. The van der Waals surface area contributed by atoms with Gasteiger partial charge in [0.1, 0.15) is 0 Å². The van der Waals surface area contributed by atoms with Gasteiger partial charge < -0.3 is 9.64 Å². The Balaban J connectivity index is 1.83. The lowest BCUT2D eigenvalue weighted by molar-refractivity contribution is 0.0527. The molecule has 0 radical (unpaired) electrons. The van der Waals surface area contributed by atoms with Gasteiger partial charge >= 0.3 is 5.97 Å². The van der Waals surface area contributed by atoms with E-state index in [0.29, 0.717) is 29.3 Å². The highest BCUT2D eigenvalue weighted by atomic mass is 16.5. The third-order valence-corrected chi connectivity index (χ3v) is 5.55. The van der Waals surface area contributed by atoms with Gasteiger partial charge in [-0.3, -0.25) is 4.79 Å². The zero-order chi connectivity index (χ0) is 22.1. The van der Waals surface area contributed by atoms with Crippen molar-refractivity contribution in [2.75, 3.05) is 18.1 Å². The number of para-hydroxylation sites is 1. The zero-order valence-corrected chi connectivity index (χ0v) is 18.5. The van der Waals surface area contributed by atoms with Crippen LogP contribution in [0, 0.1) is 0 Å². The number of pyridine rings is 1. The fourth-order valence-electron chi connectivity index (χ4n) is 3.84. The van der Waals surface area contributed by atoms with Gasteiger partial charge in [0.2, 0.25) is 0 Å². The smallest absolute Gasteiger partial charge is 0.340 e. The first-order valence-electron chi connectivity index (χ1n) is 10.9. The van der Waals surface area contributed by atoms with Crippen LogP contribution in [0.1, 0.15) is 78.9 Å². The van der Waals surface area contributed by atoms with Crippen molar-refractivity contribution in [3.8, 4) is 0 Å². The number of benzene rings is 1. The van der Waals surface area contributed by atoms with Crippen LogP contribution >= 0.6 is 0 Å². The molecule has 0 atom stereocenters. The number of hydrogen-bond acceptors (Lipinski definition) is 5. The molecule has 1 saturated carbocycles. The van der Waals surface area contributed by atoms with Gasteiger partial charge in [0.05, 0.1) is 35.0 Å². The Morgan fingerprint density at radius 3 is 2.58 bits per heavy atom. The summed E-state index contributed by atoms with van der Waals surface area (Å²) in [6, 6.07) is 9.11. The Bertz CT molecular complexity index is 1130. The van der Waals surface area contributed by atoms with E-state index in [-0.39, 0.29) is 18.6 Å². The summed E-state index contributed by atoms with van der Waals surface area (Å²) < 4.78 is 7.07. The first kappa shape index (κ1) is 21.0. The van der Waals surface area contributed by atoms with Crippen molar-refractivity contribution in [2.24, 2.45) is 0 Å². The van der Waals surface area contributed by atoms with Crippen molar-refractivity contribution in [3.63, 3.8) is 0 Å². The molecule has 0 saturated heterocycles. The summed E-state index contributed by atoms with van der Waals surface area (Å²) in [5.41, 5.74) is 3.16. The predicted molar refractivity (Wildman–Crippen MR) is 120 cm³/mol. The molecular formula is C24H28N4O3. The number of nitrogens with zero attached hydrogens (tertiary/aromatic N) is 4. The number of ether oxygens (including phenoxy) is 1. The summed E-state index contributed by atoms with van der Waals surface area (Å²) >= 11 is 0. The van der Waals surface area contributed by atoms with Gasteiger partial charge in [0, 0.05) is 24.2 Å².